The van der Waals surface area contributed by atoms with Gasteiger partial charge in [-0.2, -0.15) is 5.10 Å². The van der Waals surface area contributed by atoms with Crippen LogP contribution in [0.1, 0.15) is 49.3 Å². The molecule has 2 aromatic carbocycles. The molecule has 1 aliphatic carbocycles. The molecule has 1 aromatic heterocycles. The van der Waals surface area contributed by atoms with E-state index >= 15 is 0 Å². The van der Waals surface area contributed by atoms with Gasteiger partial charge in [0, 0.05) is 23.7 Å². The molecular formula is C25H29N3O3. The van der Waals surface area contributed by atoms with E-state index in [9.17, 15) is 9.90 Å². The first-order valence-corrected chi connectivity index (χ1v) is 11.3. The summed E-state index contributed by atoms with van der Waals surface area (Å²) < 4.78 is 7.62. The summed E-state index contributed by atoms with van der Waals surface area (Å²) >= 11 is 0. The molecule has 2 aliphatic rings. The van der Waals surface area contributed by atoms with Crippen molar-refractivity contribution in [3.8, 4) is 5.75 Å². The van der Waals surface area contributed by atoms with Gasteiger partial charge in [0.1, 0.15) is 18.9 Å². The van der Waals surface area contributed by atoms with Gasteiger partial charge in [0.2, 0.25) is 5.91 Å². The van der Waals surface area contributed by atoms with Crippen LogP contribution >= 0.6 is 0 Å². The lowest BCUT2D eigenvalue weighted by molar-refractivity contribution is -0.132. The molecule has 6 heteroatoms. The van der Waals surface area contributed by atoms with Crippen molar-refractivity contribution in [3.05, 3.63) is 59.8 Å². The smallest absolute Gasteiger partial charge is 0.244 e. The molecule has 162 valence electrons. The van der Waals surface area contributed by atoms with Gasteiger partial charge in [-0.25, -0.2) is 0 Å². The fraction of sp³-hybridized carbons (Fsp3) is 0.440. The summed E-state index contributed by atoms with van der Waals surface area (Å²) in [7, 11) is 0. The first-order chi connectivity index (χ1) is 15.2. The summed E-state index contributed by atoms with van der Waals surface area (Å²) in [5.41, 5.74) is 2.78. The van der Waals surface area contributed by atoms with Crippen molar-refractivity contribution in [1.29, 1.82) is 0 Å². The second-order valence-corrected chi connectivity index (χ2v) is 8.76. The van der Waals surface area contributed by atoms with Crippen LogP contribution in [0.4, 0.5) is 0 Å². The number of nitrogens with zero attached hydrogens (tertiary/aromatic N) is 3. The summed E-state index contributed by atoms with van der Waals surface area (Å²) in [6.07, 6.45) is 7.28. The number of benzene rings is 2. The highest BCUT2D eigenvalue weighted by atomic mass is 16.5. The number of carbonyl (C=O) groups is 1. The van der Waals surface area contributed by atoms with Crippen LogP contribution in [-0.4, -0.2) is 38.8 Å². The zero-order valence-electron chi connectivity index (χ0n) is 17.7. The second kappa shape index (κ2) is 8.71. The lowest BCUT2D eigenvalue weighted by Gasteiger charge is -2.27. The number of rotatable bonds is 4. The number of hydrogen-bond donors (Lipinski definition) is 1. The Morgan fingerprint density at radius 3 is 2.84 bits per heavy atom. The molecule has 0 bridgehead atoms. The summed E-state index contributed by atoms with van der Waals surface area (Å²) in [4.78, 5) is 14.9. The van der Waals surface area contributed by atoms with E-state index in [2.05, 4.69) is 5.10 Å². The van der Waals surface area contributed by atoms with E-state index in [1.807, 2.05) is 53.6 Å². The van der Waals surface area contributed by atoms with Gasteiger partial charge >= 0.3 is 0 Å². The summed E-state index contributed by atoms with van der Waals surface area (Å²) in [6, 6.07) is 13.8. The van der Waals surface area contributed by atoms with Crippen molar-refractivity contribution in [2.75, 3.05) is 13.2 Å². The van der Waals surface area contributed by atoms with E-state index in [0.717, 1.165) is 40.6 Å². The summed E-state index contributed by atoms with van der Waals surface area (Å²) in [5, 5.41) is 16.5. The van der Waals surface area contributed by atoms with Gasteiger partial charge in [0.25, 0.3) is 0 Å². The van der Waals surface area contributed by atoms with E-state index in [-0.39, 0.29) is 12.5 Å². The SMILES string of the molecule is O=C(Cn1cc2ccccc2n1)N1CCOc2ccc(C(O)C3CCCCC3)cc2C1. The Labute approximate surface area is 182 Å². The molecule has 3 aromatic rings. The molecule has 31 heavy (non-hydrogen) atoms. The third-order valence-corrected chi connectivity index (χ3v) is 6.61. The van der Waals surface area contributed by atoms with Crippen LogP contribution in [0.3, 0.4) is 0 Å². The maximum absolute atomic E-state index is 13.0. The van der Waals surface area contributed by atoms with E-state index in [1.54, 1.807) is 4.68 Å². The Kier molecular flexibility index (Phi) is 5.64. The standard InChI is InChI=1S/C25H29N3O3/c29-24(17-28-16-20-8-4-5-9-22(20)26-28)27-12-13-31-23-11-10-19(14-21(23)15-27)25(30)18-6-2-1-3-7-18/h4-5,8-11,14,16,18,25,30H,1-3,6-7,12-13,15,17H2. The number of amides is 1. The van der Waals surface area contributed by atoms with Gasteiger partial charge in [-0.3, -0.25) is 9.48 Å². The average molecular weight is 420 g/mol. The molecule has 2 heterocycles. The zero-order chi connectivity index (χ0) is 21.2. The van der Waals surface area contributed by atoms with Gasteiger partial charge in [-0.05, 0) is 42.5 Å². The van der Waals surface area contributed by atoms with Gasteiger partial charge in [0.05, 0.1) is 18.2 Å². The Morgan fingerprint density at radius 1 is 1.16 bits per heavy atom. The Bertz CT molecular complexity index is 1040. The number of hydrogen-bond acceptors (Lipinski definition) is 4. The molecule has 6 nitrogen and oxygen atoms in total. The van der Waals surface area contributed by atoms with E-state index in [1.165, 1.54) is 19.3 Å². The number of fused-ring (bicyclic) bond motifs is 2. The number of carbonyl (C=O) groups excluding carboxylic acids is 1. The molecule has 0 spiro atoms. The third-order valence-electron chi connectivity index (χ3n) is 6.61. The highest BCUT2D eigenvalue weighted by Gasteiger charge is 2.26. The van der Waals surface area contributed by atoms with Gasteiger partial charge in [0.15, 0.2) is 0 Å². The van der Waals surface area contributed by atoms with Gasteiger partial charge in [-0.15, -0.1) is 0 Å². The first-order valence-electron chi connectivity index (χ1n) is 11.3. The van der Waals surface area contributed by atoms with Gasteiger partial charge in [-0.1, -0.05) is 43.5 Å². The normalized spacial score (nSPS) is 18.3. The highest BCUT2D eigenvalue weighted by Crippen LogP contribution is 2.36. The summed E-state index contributed by atoms with van der Waals surface area (Å²) in [5.74, 6) is 1.15. The topological polar surface area (TPSA) is 67.6 Å². The predicted molar refractivity (Wildman–Crippen MR) is 119 cm³/mol. The van der Waals surface area contributed by atoms with Crippen molar-refractivity contribution in [2.24, 2.45) is 5.92 Å². The quantitative estimate of drug-likeness (QED) is 0.692. The Hall–Kier alpha value is -2.86. The number of aromatic nitrogens is 2. The Balaban J connectivity index is 1.31. The fourth-order valence-corrected chi connectivity index (χ4v) is 4.87. The predicted octanol–water partition coefficient (Wildman–Crippen LogP) is 4.07. The number of aliphatic hydroxyl groups excluding tert-OH is 1. The fourth-order valence-electron chi connectivity index (χ4n) is 4.87. The van der Waals surface area contributed by atoms with Crippen molar-refractivity contribution in [1.82, 2.24) is 14.7 Å². The van der Waals surface area contributed by atoms with E-state index in [4.69, 9.17) is 4.74 Å². The van der Waals surface area contributed by atoms with Crippen LogP contribution in [-0.2, 0) is 17.9 Å². The van der Waals surface area contributed by atoms with Crippen molar-refractivity contribution in [3.63, 3.8) is 0 Å². The van der Waals surface area contributed by atoms with Crippen LogP contribution in [0.5, 0.6) is 5.75 Å². The second-order valence-electron chi connectivity index (χ2n) is 8.76. The highest BCUT2D eigenvalue weighted by molar-refractivity contribution is 5.80. The molecule has 1 amide bonds. The molecule has 1 fully saturated rings. The van der Waals surface area contributed by atoms with Crippen molar-refractivity contribution < 1.29 is 14.6 Å². The van der Waals surface area contributed by atoms with Crippen LogP contribution in [0.15, 0.2) is 48.7 Å². The molecule has 1 atom stereocenters. The molecule has 1 aliphatic heterocycles. The lowest BCUT2D eigenvalue weighted by atomic mass is 9.82. The summed E-state index contributed by atoms with van der Waals surface area (Å²) in [6.45, 7) is 1.69. The molecule has 1 N–H and O–H groups in total. The number of ether oxygens (including phenoxy) is 1. The van der Waals surface area contributed by atoms with Crippen LogP contribution in [0.2, 0.25) is 0 Å². The Morgan fingerprint density at radius 2 is 2.00 bits per heavy atom. The molecule has 0 radical (unpaired) electrons. The monoisotopic (exact) mass is 419 g/mol. The molecule has 0 saturated heterocycles. The minimum atomic E-state index is -0.450. The van der Waals surface area contributed by atoms with E-state index in [0.29, 0.717) is 25.6 Å². The minimum absolute atomic E-state index is 0.0162. The van der Waals surface area contributed by atoms with Crippen LogP contribution in [0, 0.1) is 5.92 Å². The van der Waals surface area contributed by atoms with E-state index < -0.39 is 6.10 Å². The first kappa shape index (κ1) is 20.1. The van der Waals surface area contributed by atoms with Crippen molar-refractivity contribution in [2.45, 2.75) is 51.3 Å². The molecule has 1 saturated carbocycles. The van der Waals surface area contributed by atoms with Crippen LogP contribution in [0.25, 0.3) is 10.9 Å². The maximum atomic E-state index is 13.0. The van der Waals surface area contributed by atoms with Crippen molar-refractivity contribution >= 4 is 16.8 Å². The lowest BCUT2D eigenvalue weighted by Crippen LogP contribution is -2.35. The van der Waals surface area contributed by atoms with Crippen LogP contribution < -0.4 is 4.74 Å². The zero-order valence-corrected chi connectivity index (χ0v) is 17.7. The molecular weight excluding hydrogens is 390 g/mol. The number of aliphatic hydroxyl groups is 1. The third kappa shape index (κ3) is 4.30. The van der Waals surface area contributed by atoms with Gasteiger partial charge < -0.3 is 14.7 Å². The largest absolute Gasteiger partial charge is 0.491 e. The molecule has 1 unspecified atom stereocenters. The molecule has 5 rings (SSSR count). The maximum Gasteiger partial charge on any atom is 0.244 e. The average Bonchev–Trinajstić information content (AvgIpc) is 3.08. The minimum Gasteiger partial charge on any atom is -0.491 e.